The van der Waals surface area contributed by atoms with Gasteiger partial charge in [-0.15, -0.1) is 11.6 Å². The first kappa shape index (κ1) is 11.7. The summed E-state index contributed by atoms with van der Waals surface area (Å²) < 4.78 is 5.44. The molecule has 0 bridgehead atoms. The molecule has 2 aliphatic rings. The van der Waals surface area contributed by atoms with Gasteiger partial charge in [0, 0.05) is 25.1 Å². The molecule has 3 heteroatoms. The predicted octanol–water partition coefficient (Wildman–Crippen LogP) is 2.51. The minimum Gasteiger partial charge on any atom is -0.381 e. The first-order chi connectivity index (χ1) is 7.40. The lowest BCUT2D eigenvalue weighted by atomic mass is 9.97. The number of nitrogens with zero attached hydrogens (tertiary/aromatic N) is 1. The molecule has 0 aliphatic carbocycles. The molecular weight excluding hydrogens is 210 g/mol. The molecule has 0 radical (unpaired) electrons. The van der Waals surface area contributed by atoms with Crippen LogP contribution in [0.4, 0.5) is 0 Å². The Morgan fingerprint density at radius 3 is 2.93 bits per heavy atom. The van der Waals surface area contributed by atoms with Crippen LogP contribution in [0.2, 0.25) is 0 Å². The first-order valence-corrected chi connectivity index (χ1v) is 6.81. The molecule has 88 valence electrons. The lowest BCUT2D eigenvalue weighted by Crippen LogP contribution is -2.42. The third-order valence-corrected chi connectivity index (χ3v) is 3.93. The Morgan fingerprint density at radius 1 is 1.27 bits per heavy atom. The zero-order valence-electron chi connectivity index (χ0n) is 9.46. The van der Waals surface area contributed by atoms with Gasteiger partial charge in [0.1, 0.15) is 0 Å². The zero-order chi connectivity index (χ0) is 10.5. The number of likely N-dealkylation sites (tertiary alicyclic amines) is 1. The van der Waals surface area contributed by atoms with E-state index in [9.17, 15) is 0 Å². The third kappa shape index (κ3) is 3.33. The number of alkyl halides is 1. The number of piperidine rings is 1. The van der Waals surface area contributed by atoms with Crippen molar-refractivity contribution in [1.29, 1.82) is 0 Å². The molecule has 0 amide bonds. The van der Waals surface area contributed by atoms with Gasteiger partial charge in [0.25, 0.3) is 0 Å². The Labute approximate surface area is 97.9 Å². The Balaban J connectivity index is 1.80. The molecule has 15 heavy (non-hydrogen) atoms. The van der Waals surface area contributed by atoms with Crippen LogP contribution in [-0.2, 0) is 4.74 Å². The highest BCUT2D eigenvalue weighted by atomic mass is 35.5. The Hall–Kier alpha value is 0.210. The molecule has 0 aromatic rings. The van der Waals surface area contributed by atoms with Crippen molar-refractivity contribution in [3.8, 4) is 0 Å². The van der Waals surface area contributed by atoms with Crippen LogP contribution in [0, 0.1) is 5.92 Å². The molecule has 2 nitrogen and oxygen atoms in total. The lowest BCUT2D eigenvalue weighted by molar-refractivity contribution is 0.112. The summed E-state index contributed by atoms with van der Waals surface area (Å²) in [6.45, 7) is 4.46. The van der Waals surface area contributed by atoms with Crippen LogP contribution in [-0.4, -0.2) is 43.1 Å². The maximum Gasteiger partial charge on any atom is 0.0507 e. The third-order valence-electron chi connectivity index (χ3n) is 3.71. The summed E-state index contributed by atoms with van der Waals surface area (Å²) in [5, 5.41) is 0. The van der Waals surface area contributed by atoms with E-state index in [4.69, 9.17) is 16.3 Å². The van der Waals surface area contributed by atoms with E-state index < -0.39 is 0 Å². The molecule has 0 N–H and O–H groups in total. The van der Waals surface area contributed by atoms with Gasteiger partial charge >= 0.3 is 0 Å². The van der Waals surface area contributed by atoms with Crippen molar-refractivity contribution in [1.82, 2.24) is 4.90 Å². The summed E-state index contributed by atoms with van der Waals surface area (Å²) >= 11 is 5.87. The minimum absolute atomic E-state index is 0.747. The largest absolute Gasteiger partial charge is 0.381 e. The van der Waals surface area contributed by atoms with E-state index in [-0.39, 0.29) is 0 Å². The van der Waals surface area contributed by atoms with Crippen LogP contribution >= 0.6 is 11.6 Å². The van der Waals surface area contributed by atoms with Gasteiger partial charge in [-0.2, -0.15) is 0 Å². The van der Waals surface area contributed by atoms with Gasteiger partial charge in [-0.05, 0) is 38.1 Å². The van der Waals surface area contributed by atoms with E-state index in [0.717, 1.165) is 37.5 Å². The van der Waals surface area contributed by atoms with Crippen LogP contribution in [0.3, 0.4) is 0 Å². The summed E-state index contributed by atoms with van der Waals surface area (Å²) in [4.78, 5) is 2.66. The number of ether oxygens (including phenoxy) is 1. The van der Waals surface area contributed by atoms with Crippen LogP contribution in [0.1, 0.15) is 32.1 Å². The summed E-state index contributed by atoms with van der Waals surface area (Å²) in [7, 11) is 0. The van der Waals surface area contributed by atoms with E-state index in [1.807, 2.05) is 0 Å². The van der Waals surface area contributed by atoms with E-state index in [2.05, 4.69) is 4.90 Å². The monoisotopic (exact) mass is 231 g/mol. The summed E-state index contributed by atoms with van der Waals surface area (Å²) in [6, 6.07) is 0.747. The molecule has 2 aliphatic heterocycles. The van der Waals surface area contributed by atoms with Gasteiger partial charge in [-0.25, -0.2) is 0 Å². The zero-order valence-corrected chi connectivity index (χ0v) is 10.2. The fourth-order valence-electron chi connectivity index (χ4n) is 2.81. The Bertz CT molecular complexity index is 180. The quantitative estimate of drug-likeness (QED) is 0.690. The molecule has 0 aromatic heterocycles. The van der Waals surface area contributed by atoms with Gasteiger partial charge in [0.15, 0.2) is 0 Å². The normalized spacial score (nSPS) is 33.4. The van der Waals surface area contributed by atoms with Crippen molar-refractivity contribution in [2.45, 2.75) is 38.1 Å². The predicted molar refractivity (Wildman–Crippen MR) is 63.5 cm³/mol. The van der Waals surface area contributed by atoms with Crippen LogP contribution in [0.5, 0.6) is 0 Å². The van der Waals surface area contributed by atoms with E-state index in [0.29, 0.717) is 0 Å². The van der Waals surface area contributed by atoms with Gasteiger partial charge in [-0.3, -0.25) is 4.90 Å². The average Bonchev–Trinajstić information content (AvgIpc) is 2.74. The molecule has 0 aromatic carbocycles. The molecule has 0 saturated carbocycles. The second kappa shape index (κ2) is 6.07. The molecule has 2 heterocycles. The molecule has 2 unspecified atom stereocenters. The topological polar surface area (TPSA) is 12.5 Å². The van der Waals surface area contributed by atoms with Crippen molar-refractivity contribution in [3.63, 3.8) is 0 Å². The summed E-state index contributed by atoms with van der Waals surface area (Å²) in [5.74, 6) is 1.59. The fourth-order valence-corrected chi connectivity index (χ4v) is 3.06. The highest BCUT2D eigenvalue weighted by molar-refractivity contribution is 6.17. The number of hydrogen-bond donors (Lipinski definition) is 0. The number of halogens is 1. The van der Waals surface area contributed by atoms with Crippen LogP contribution in [0.15, 0.2) is 0 Å². The average molecular weight is 232 g/mol. The second-order valence-electron chi connectivity index (χ2n) is 4.85. The van der Waals surface area contributed by atoms with Gasteiger partial charge in [0.2, 0.25) is 0 Å². The standard InChI is InChI=1S/C12H22ClNO/c13-6-4-12-3-1-2-7-14(12)9-11-5-8-15-10-11/h11-12H,1-10H2. The first-order valence-electron chi connectivity index (χ1n) is 6.28. The Morgan fingerprint density at radius 2 is 2.20 bits per heavy atom. The fraction of sp³-hybridized carbons (Fsp3) is 1.00. The maximum atomic E-state index is 5.87. The van der Waals surface area contributed by atoms with Crippen molar-refractivity contribution >= 4 is 11.6 Å². The summed E-state index contributed by atoms with van der Waals surface area (Å²) in [6.07, 6.45) is 6.52. The van der Waals surface area contributed by atoms with Crippen LogP contribution in [0.25, 0.3) is 0 Å². The van der Waals surface area contributed by atoms with Crippen molar-refractivity contribution in [3.05, 3.63) is 0 Å². The molecule has 2 atom stereocenters. The van der Waals surface area contributed by atoms with Crippen molar-refractivity contribution in [2.24, 2.45) is 5.92 Å². The highest BCUT2D eigenvalue weighted by Crippen LogP contribution is 2.23. The number of rotatable bonds is 4. The SMILES string of the molecule is ClCCC1CCCCN1CC1CCOC1. The van der Waals surface area contributed by atoms with E-state index >= 15 is 0 Å². The molecule has 2 fully saturated rings. The molecule has 2 rings (SSSR count). The van der Waals surface area contributed by atoms with Gasteiger partial charge in [-0.1, -0.05) is 6.42 Å². The van der Waals surface area contributed by atoms with E-state index in [1.165, 1.54) is 38.8 Å². The highest BCUT2D eigenvalue weighted by Gasteiger charge is 2.26. The summed E-state index contributed by atoms with van der Waals surface area (Å²) in [5.41, 5.74) is 0. The number of hydrogen-bond acceptors (Lipinski definition) is 2. The van der Waals surface area contributed by atoms with Crippen LogP contribution < -0.4 is 0 Å². The Kier molecular flexibility index (Phi) is 4.73. The van der Waals surface area contributed by atoms with Crippen molar-refractivity contribution in [2.75, 3.05) is 32.2 Å². The molecule has 0 spiro atoms. The second-order valence-corrected chi connectivity index (χ2v) is 5.23. The smallest absolute Gasteiger partial charge is 0.0507 e. The van der Waals surface area contributed by atoms with Gasteiger partial charge < -0.3 is 4.74 Å². The van der Waals surface area contributed by atoms with E-state index in [1.54, 1.807) is 0 Å². The molecule has 2 saturated heterocycles. The lowest BCUT2D eigenvalue weighted by Gasteiger charge is -2.36. The minimum atomic E-state index is 0.747. The van der Waals surface area contributed by atoms with Gasteiger partial charge in [0.05, 0.1) is 6.61 Å². The van der Waals surface area contributed by atoms with Crippen molar-refractivity contribution < 1.29 is 4.74 Å². The molecular formula is C12H22ClNO. The maximum absolute atomic E-state index is 5.87.